The first kappa shape index (κ1) is 21.7. The highest BCUT2D eigenvalue weighted by Crippen LogP contribution is 2.59. The second kappa shape index (κ2) is 9.24. The molecule has 0 spiro atoms. The van der Waals surface area contributed by atoms with Crippen LogP contribution in [0.4, 0.5) is 0 Å². The van der Waals surface area contributed by atoms with Crippen LogP contribution in [0.15, 0.2) is 15.8 Å². The van der Waals surface area contributed by atoms with Crippen LogP contribution in [0.1, 0.15) is 43.9 Å². The van der Waals surface area contributed by atoms with Gasteiger partial charge in [0.05, 0.1) is 19.3 Å². The monoisotopic (exact) mass is 435 g/mol. The Kier molecular flexibility index (Phi) is 7.17. The van der Waals surface area contributed by atoms with Gasteiger partial charge in [0, 0.05) is 31.5 Å². The first-order valence-electron chi connectivity index (χ1n) is 9.49. The first-order valence-corrected chi connectivity index (χ1v) is 12.0. The molecule has 1 N–H and O–H groups in total. The van der Waals surface area contributed by atoms with Crippen LogP contribution in [0.25, 0.3) is 0 Å². The van der Waals surface area contributed by atoms with Gasteiger partial charge >= 0.3 is 12.6 Å². The van der Waals surface area contributed by atoms with E-state index in [2.05, 4.69) is 4.98 Å². The van der Waals surface area contributed by atoms with Gasteiger partial charge in [0.25, 0.3) is 5.56 Å². The molecule has 11 heteroatoms. The summed E-state index contributed by atoms with van der Waals surface area (Å²) in [5.74, 6) is 0. The number of nitrogens with zero attached hydrogens (tertiary/aromatic N) is 2. The number of methoxy groups -OCH3 is 1. The molecule has 9 nitrogen and oxygen atoms in total. The number of aromatic amines is 1. The highest BCUT2D eigenvalue weighted by Gasteiger charge is 2.39. The van der Waals surface area contributed by atoms with Gasteiger partial charge in [-0.3, -0.25) is 18.9 Å². The number of H-pyrrole nitrogens is 1. The van der Waals surface area contributed by atoms with Gasteiger partial charge in [-0.25, -0.2) is 9.46 Å². The molecule has 4 atom stereocenters. The minimum Gasteiger partial charge on any atom is -0.383 e. The summed E-state index contributed by atoms with van der Waals surface area (Å²) in [6.45, 7) is -0.710. The molecule has 3 rings (SSSR count). The molecule has 1 aromatic heterocycles. The van der Waals surface area contributed by atoms with Gasteiger partial charge in [0.1, 0.15) is 6.23 Å². The van der Waals surface area contributed by atoms with Crippen molar-refractivity contribution in [2.24, 2.45) is 0 Å². The number of rotatable bonds is 7. The number of hydrogen-bond donors (Lipinski definition) is 1. The van der Waals surface area contributed by atoms with Gasteiger partial charge in [-0.2, -0.15) is 0 Å². The molecule has 2 fully saturated rings. The summed E-state index contributed by atoms with van der Waals surface area (Å²) in [5.41, 5.74) is -0.481. The summed E-state index contributed by atoms with van der Waals surface area (Å²) in [7, 11) is 1.60. The second-order valence-corrected chi connectivity index (χ2v) is 10.2. The molecule has 2 aliphatic rings. The zero-order chi connectivity index (χ0) is 20.3. The summed E-state index contributed by atoms with van der Waals surface area (Å²) in [6, 6.07) is -0.0175. The fourth-order valence-electron chi connectivity index (χ4n) is 3.75. The topological polar surface area (TPSA) is 103 Å². The Balaban J connectivity index is 1.62. The zero-order valence-corrected chi connectivity index (χ0v) is 17.8. The van der Waals surface area contributed by atoms with Gasteiger partial charge in [0.2, 0.25) is 0 Å². The summed E-state index contributed by atoms with van der Waals surface area (Å²) < 4.78 is 32.7. The van der Waals surface area contributed by atoms with Crippen LogP contribution in [-0.4, -0.2) is 53.2 Å². The fourth-order valence-corrected chi connectivity index (χ4v) is 5.97. The number of ether oxygens (including phenoxy) is 2. The number of hydrogen-bond acceptors (Lipinski definition) is 6. The summed E-state index contributed by atoms with van der Waals surface area (Å²) >= 11 is 6.26. The molecule has 3 heterocycles. The van der Waals surface area contributed by atoms with Crippen molar-refractivity contribution >= 4 is 18.1 Å². The van der Waals surface area contributed by atoms with E-state index in [1.54, 1.807) is 18.7 Å². The van der Waals surface area contributed by atoms with Crippen LogP contribution in [0.3, 0.4) is 0 Å². The minimum absolute atomic E-state index is 0.0175. The number of halogens is 1. The molecule has 28 heavy (non-hydrogen) atoms. The fraction of sp³-hybridized carbons (Fsp3) is 0.765. The summed E-state index contributed by atoms with van der Waals surface area (Å²) in [6.07, 6.45) is 4.58. The lowest BCUT2D eigenvalue weighted by molar-refractivity contribution is -0.105. The van der Waals surface area contributed by atoms with Gasteiger partial charge < -0.3 is 14.0 Å². The molecule has 2 saturated heterocycles. The number of nitrogens with one attached hydrogen (secondary N) is 1. The van der Waals surface area contributed by atoms with E-state index >= 15 is 0 Å². The van der Waals surface area contributed by atoms with Crippen molar-refractivity contribution in [3.05, 3.63) is 32.6 Å². The van der Waals surface area contributed by atoms with E-state index in [9.17, 15) is 14.2 Å². The van der Waals surface area contributed by atoms with E-state index in [-0.39, 0.29) is 18.8 Å². The molecule has 1 unspecified atom stereocenters. The Labute approximate surface area is 168 Å². The number of aromatic nitrogens is 2. The molecule has 1 aromatic rings. The van der Waals surface area contributed by atoms with Crippen LogP contribution < -0.4 is 11.2 Å². The summed E-state index contributed by atoms with van der Waals surface area (Å²) in [5, 5.41) is 0. The van der Waals surface area contributed by atoms with E-state index in [4.69, 9.17) is 25.2 Å². The Morgan fingerprint density at radius 2 is 2.07 bits per heavy atom. The van der Waals surface area contributed by atoms with Crippen LogP contribution in [-0.2, 0) is 18.6 Å². The van der Waals surface area contributed by atoms with Gasteiger partial charge in [-0.15, -0.1) is 0 Å². The standard InChI is InChI=1S/C17H27ClN3O6P/c1-12-9-20(17(23)19-16(12)22)15-7-3-6-14(27-15)11-26-28(18,24)21-8-4-5-13(21)10-25-2/h9,13-15H,3-8,10-11H2,1-2H3,(H,19,22,23)/t13-,14-,15+,28?/m0/s1. The largest absolute Gasteiger partial charge is 0.383 e. The van der Waals surface area contributed by atoms with Gasteiger partial charge in [-0.1, -0.05) is 0 Å². The maximum Gasteiger partial charge on any atom is 0.363 e. The molecule has 0 amide bonds. The second-order valence-electron chi connectivity index (χ2n) is 7.28. The van der Waals surface area contributed by atoms with Crippen LogP contribution in [0, 0.1) is 6.92 Å². The van der Waals surface area contributed by atoms with Gasteiger partial charge in [0.15, 0.2) is 0 Å². The molecule has 0 aliphatic carbocycles. The molecule has 2 aliphatic heterocycles. The quantitative estimate of drug-likeness (QED) is 0.656. The average molecular weight is 436 g/mol. The Hall–Kier alpha value is -0.960. The molecule has 0 radical (unpaired) electrons. The van der Waals surface area contributed by atoms with Crippen LogP contribution >= 0.6 is 18.1 Å². The predicted molar refractivity (Wildman–Crippen MR) is 105 cm³/mol. The van der Waals surface area contributed by atoms with E-state index in [0.717, 1.165) is 19.3 Å². The van der Waals surface area contributed by atoms with Crippen molar-refractivity contribution in [1.29, 1.82) is 0 Å². The maximum atomic E-state index is 12.9. The summed E-state index contributed by atoms with van der Waals surface area (Å²) in [4.78, 5) is 25.9. The number of aryl methyl sites for hydroxylation is 1. The molecule has 0 bridgehead atoms. The van der Waals surface area contributed by atoms with Crippen molar-refractivity contribution in [2.75, 3.05) is 26.9 Å². The average Bonchev–Trinajstić information content (AvgIpc) is 3.13. The van der Waals surface area contributed by atoms with Crippen LogP contribution in [0.5, 0.6) is 0 Å². The minimum atomic E-state index is -3.48. The maximum absolute atomic E-state index is 12.9. The van der Waals surface area contributed by atoms with E-state index in [0.29, 0.717) is 31.6 Å². The zero-order valence-electron chi connectivity index (χ0n) is 16.1. The molecule has 158 valence electrons. The van der Waals surface area contributed by atoms with Gasteiger partial charge in [-0.05, 0) is 50.3 Å². The van der Waals surface area contributed by atoms with Crippen molar-refractivity contribution in [3.8, 4) is 0 Å². The highest BCUT2D eigenvalue weighted by molar-refractivity contribution is 7.83. The Morgan fingerprint density at radius 3 is 2.82 bits per heavy atom. The SMILES string of the molecule is COC[C@@H]1CCCN1P(=O)(Cl)OC[C@@H]1CCC[C@H](n2cc(C)c(=O)[nH]c2=O)O1. The smallest absolute Gasteiger partial charge is 0.363 e. The normalized spacial score (nSPS) is 28.3. The van der Waals surface area contributed by atoms with Crippen LogP contribution in [0.2, 0.25) is 0 Å². The Bertz CT molecular complexity index is 843. The highest BCUT2D eigenvalue weighted by atomic mass is 35.7. The van der Waals surface area contributed by atoms with Crippen molar-refractivity contribution < 1.29 is 18.6 Å². The van der Waals surface area contributed by atoms with E-state index < -0.39 is 24.3 Å². The van der Waals surface area contributed by atoms with E-state index in [1.807, 2.05) is 0 Å². The lowest BCUT2D eigenvalue weighted by Crippen LogP contribution is -2.38. The lowest BCUT2D eigenvalue weighted by atomic mass is 10.1. The molecule has 0 saturated carbocycles. The first-order chi connectivity index (χ1) is 13.3. The molecular weight excluding hydrogens is 409 g/mol. The van der Waals surface area contributed by atoms with Crippen molar-refractivity contribution in [2.45, 2.75) is 57.4 Å². The third-order valence-electron chi connectivity index (χ3n) is 5.21. The predicted octanol–water partition coefficient (Wildman–Crippen LogP) is 2.39. The lowest BCUT2D eigenvalue weighted by Gasteiger charge is -2.33. The van der Waals surface area contributed by atoms with E-state index in [1.165, 1.54) is 10.8 Å². The third-order valence-corrected chi connectivity index (χ3v) is 7.70. The van der Waals surface area contributed by atoms with Crippen molar-refractivity contribution in [3.63, 3.8) is 0 Å². The molecule has 0 aromatic carbocycles. The Morgan fingerprint density at radius 1 is 1.29 bits per heavy atom. The van der Waals surface area contributed by atoms with Crippen molar-refractivity contribution in [1.82, 2.24) is 14.2 Å². The third kappa shape index (κ3) is 4.96. The molecular formula is C17H27ClN3O6P.